The topological polar surface area (TPSA) is 73.3 Å². The monoisotopic (exact) mass is 243 g/mol. The first-order valence-corrected chi connectivity index (χ1v) is 4.18. The Morgan fingerprint density at radius 3 is 2.23 bits per heavy atom. The van der Waals surface area contributed by atoms with Gasteiger partial charge in [-0.15, -0.1) is 0 Å². The molecule has 1 aromatic heterocycles. The molecule has 0 spiro atoms. The molecular weight excluding hydrogens is 240 g/mol. The number of hydrogen-bond donors (Lipinski definition) is 3. The molecule has 0 aliphatic rings. The Labute approximate surface area is 88.0 Å². The van der Waals surface area contributed by atoms with E-state index in [4.69, 9.17) is 45.0 Å². The molecule has 0 radical (unpaired) electrons. The SMILES string of the molecule is O=C(O)c1cc(C(Cl)(Cl)Cl)c(O)[nH]1. The van der Waals surface area contributed by atoms with Gasteiger partial charge in [0.2, 0.25) is 3.79 Å². The van der Waals surface area contributed by atoms with Crippen LogP contribution in [-0.2, 0) is 3.79 Å². The van der Waals surface area contributed by atoms with Crippen molar-refractivity contribution in [1.29, 1.82) is 0 Å². The van der Waals surface area contributed by atoms with Crippen molar-refractivity contribution in [2.24, 2.45) is 0 Å². The first kappa shape index (κ1) is 10.5. The van der Waals surface area contributed by atoms with E-state index in [9.17, 15) is 4.79 Å². The summed E-state index contributed by atoms with van der Waals surface area (Å²) in [5.74, 6) is -1.70. The van der Waals surface area contributed by atoms with Gasteiger partial charge in [0.1, 0.15) is 5.69 Å². The van der Waals surface area contributed by atoms with Crippen LogP contribution in [0.3, 0.4) is 0 Å². The molecule has 1 rings (SSSR count). The quantitative estimate of drug-likeness (QED) is 0.663. The summed E-state index contributed by atoms with van der Waals surface area (Å²) in [6.45, 7) is 0. The summed E-state index contributed by atoms with van der Waals surface area (Å²) in [6.07, 6.45) is 0. The van der Waals surface area contributed by atoms with Crippen molar-refractivity contribution in [1.82, 2.24) is 4.98 Å². The third-order valence-electron chi connectivity index (χ3n) is 1.33. The summed E-state index contributed by atoms with van der Waals surface area (Å²) in [5.41, 5.74) is -0.325. The highest BCUT2D eigenvalue weighted by molar-refractivity contribution is 6.66. The van der Waals surface area contributed by atoms with Gasteiger partial charge in [-0.3, -0.25) is 0 Å². The highest BCUT2D eigenvalue weighted by Gasteiger charge is 2.29. The van der Waals surface area contributed by atoms with E-state index in [1.165, 1.54) is 0 Å². The summed E-state index contributed by atoms with van der Waals surface area (Å²) >= 11 is 16.3. The number of carboxylic acid groups (broad SMARTS) is 1. The van der Waals surface area contributed by atoms with Gasteiger partial charge in [-0.25, -0.2) is 4.79 Å². The minimum Gasteiger partial charge on any atom is -0.494 e. The molecule has 3 N–H and O–H groups in total. The van der Waals surface area contributed by atoms with Gasteiger partial charge in [0.15, 0.2) is 5.88 Å². The molecule has 0 saturated heterocycles. The van der Waals surface area contributed by atoms with Crippen molar-refractivity contribution in [2.75, 3.05) is 0 Å². The van der Waals surface area contributed by atoms with Crippen LogP contribution in [-0.4, -0.2) is 21.2 Å². The maximum atomic E-state index is 10.4. The van der Waals surface area contributed by atoms with Gasteiger partial charge in [-0.05, 0) is 6.07 Å². The minimum atomic E-state index is -1.84. The van der Waals surface area contributed by atoms with E-state index in [1.54, 1.807) is 0 Å². The van der Waals surface area contributed by atoms with Crippen molar-refractivity contribution in [3.63, 3.8) is 0 Å². The van der Waals surface area contributed by atoms with Gasteiger partial charge in [0, 0.05) is 0 Å². The maximum absolute atomic E-state index is 10.4. The standard InChI is InChI=1S/C6H4Cl3NO3/c7-6(8,9)2-1-3(5(12)13)10-4(2)11/h1,10-11H,(H,12,13). The second-order valence-electron chi connectivity index (χ2n) is 2.25. The Morgan fingerprint density at radius 1 is 1.46 bits per heavy atom. The molecule has 0 unspecified atom stereocenters. The van der Waals surface area contributed by atoms with E-state index in [0.29, 0.717) is 0 Å². The molecule has 4 nitrogen and oxygen atoms in total. The molecule has 1 heterocycles. The van der Waals surface area contributed by atoms with Crippen LogP contribution in [0.2, 0.25) is 0 Å². The number of nitrogens with one attached hydrogen (secondary N) is 1. The Kier molecular flexibility index (Phi) is 2.66. The molecule has 0 fully saturated rings. The van der Waals surface area contributed by atoms with Crippen LogP contribution >= 0.6 is 34.8 Å². The average Bonchev–Trinajstić information content (AvgIpc) is 2.29. The van der Waals surface area contributed by atoms with Gasteiger partial charge >= 0.3 is 5.97 Å². The summed E-state index contributed by atoms with van der Waals surface area (Å²) in [5, 5.41) is 17.7. The number of aromatic nitrogens is 1. The lowest BCUT2D eigenvalue weighted by atomic mass is 10.3. The highest BCUT2D eigenvalue weighted by atomic mass is 35.6. The normalized spacial score (nSPS) is 11.6. The van der Waals surface area contributed by atoms with Crippen molar-refractivity contribution >= 4 is 40.8 Å². The number of halogens is 3. The smallest absolute Gasteiger partial charge is 0.352 e. The Morgan fingerprint density at radius 2 is 2.00 bits per heavy atom. The predicted molar refractivity (Wildman–Crippen MR) is 48.7 cm³/mol. The Bertz CT molecular complexity index is 341. The number of rotatable bonds is 1. The first-order chi connectivity index (χ1) is 5.82. The molecule has 0 aliphatic carbocycles. The van der Waals surface area contributed by atoms with Crippen LogP contribution in [0, 0.1) is 0 Å². The molecule has 0 bridgehead atoms. The third kappa shape index (κ3) is 2.21. The Hall–Kier alpha value is -0.580. The van der Waals surface area contributed by atoms with Crippen molar-refractivity contribution < 1.29 is 15.0 Å². The van der Waals surface area contributed by atoms with E-state index in [2.05, 4.69) is 4.98 Å². The lowest BCUT2D eigenvalue weighted by molar-refractivity contribution is 0.0690. The van der Waals surface area contributed by atoms with Crippen molar-refractivity contribution in [3.8, 4) is 5.88 Å². The largest absolute Gasteiger partial charge is 0.494 e. The number of aromatic amines is 1. The van der Waals surface area contributed by atoms with Crippen LogP contribution in [0.15, 0.2) is 6.07 Å². The van der Waals surface area contributed by atoms with E-state index >= 15 is 0 Å². The molecule has 7 heteroatoms. The molecule has 0 amide bonds. The number of carboxylic acids is 1. The molecule has 0 saturated carbocycles. The number of hydrogen-bond acceptors (Lipinski definition) is 2. The predicted octanol–water partition coefficient (Wildman–Crippen LogP) is 2.25. The van der Waals surface area contributed by atoms with Gasteiger partial charge in [0.25, 0.3) is 0 Å². The second kappa shape index (κ2) is 3.29. The molecule has 1 aromatic rings. The summed E-state index contributed by atoms with van der Waals surface area (Å²) in [7, 11) is 0. The number of carbonyl (C=O) groups is 1. The van der Waals surface area contributed by atoms with E-state index in [1.807, 2.05) is 0 Å². The zero-order chi connectivity index (χ0) is 10.2. The van der Waals surface area contributed by atoms with E-state index in [-0.39, 0.29) is 11.3 Å². The number of H-pyrrole nitrogens is 1. The third-order valence-corrected chi connectivity index (χ3v) is 1.94. The van der Waals surface area contributed by atoms with Gasteiger partial charge in [-0.2, -0.15) is 0 Å². The molecule has 13 heavy (non-hydrogen) atoms. The minimum absolute atomic E-state index is 0.0881. The van der Waals surface area contributed by atoms with E-state index in [0.717, 1.165) is 6.07 Å². The van der Waals surface area contributed by atoms with Gasteiger partial charge in [0.05, 0.1) is 5.56 Å². The van der Waals surface area contributed by atoms with Crippen LogP contribution < -0.4 is 0 Å². The lowest BCUT2D eigenvalue weighted by Gasteiger charge is -2.07. The number of alkyl halides is 3. The number of aromatic carboxylic acids is 1. The summed E-state index contributed by atoms with van der Waals surface area (Å²) in [4.78, 5) is 12.6. The van der Waals surface area contributed by atoms with E-state index < -0.39 is 15.6 Å². The van der Waals surface area contributed by atoms with Crippen LogP contribution in [0.1, 0.15) is 16.1 Å². The molecule has 0 atom stereocenters. The van der Waals surface area contributed by atoms with Gasteiger partial charge in [-0.1, -0.05) is 34.8 Å². The Balaban J connectivity index is 3.18. The molecule has 0 aliphatic heterocycles. The zero-order valence-corrected chi connectivity index (χ0v) is 8.28. The maximum Gasteiger partial charge on any atom is 0.352 e. The second-order valence-corrected chi connectivity index (χ2v) is 4.53. The van der Waals surface area contributed by atoms with Crippen LogP contribution in [0.25, 0.3) is 0 Å². The fourth-order valence-electron chi connectivity index (χ4n) is 0.775. The van der Waals surface area contributed by atoms with Gasteiger partial charge < -0.3 is 15.2 Å². The van der Waals surface area contributed by atoms with Crippen molar-refractivity contribution in [2.45, 2.75) is 3.79 Å². The van der Waals surface area contributed by atoms with Crippen LogP contribution in [0.4, 0.5) is 0 Å². The van der Waals surface area contributed by atoms with Crippen LogP contribution in [0.5, 0.6) is 5.88 Å². The lowest BCUT2D eigenvalue weighted by Crippen LogP contribution is -1.98. The molecular formula is C6H4Cl3NO3. The summed E-state index contributed by atoms with van der Waals surface area (Å²) in [6, 6.07) is 1.06. The fraction of sp³-hybridized carbons (Fsp3) is 0.167. The zero-order valence-electron chi connectivity index (χ0n) is 6.01. The first-order valence-electron chi connectivity index (χ1n) is 3.05. The molecule has 0 aromatic carbocycles. The average molecular weight is 244 g/mol. The highest BCUT2D eigenvalue weighted by Crippen LogP contribution is 2.42. The van der Waals surface area contributed by atoms with Crippen molar-refractivity contribution in [3.05, 3.63) is 17.3 Å². The summed E-state index contributed by atoms with van der Waals surface area (Å²) < 4.78 is -1.84. The fourth-order valence-corrected chi connectivity index (χ4v) is 1.21. The number of aromatic hydroxyl groups is 1. The molecule has 72 valence electrons.